The largest absolute Gasteiger partial charge is 0.496 e. The number of methoxy groups -OCH3 is 2. The Morgan fingerprint density at radius 2 is 1.95 bits per heavy atom. The van der Waals surface area contributed by atoms with Gasteiger partial charge in [-0.1, -0.05) is 6.07 Å². The second kappa shape index (κ2) is 5.09. The maximum Gasteiger partial charge on any atom is 0.221 e. The third-order valence-electron chi connectivity index (χ3n) is 2.76. The Morgan fingerprint density at radius 3 is 2.58 bits per heavy atom. The molecule has 0 aliphatic rings. The molecule has 1 aromatic carbocycles. The molecule has 0 saturated carbocycles. The van der Waals surface area contributed by atoms with E-state index in [1.54, 1.807) is 7.05 Å². The molecule has 0 bridgehead atoms. The van der Waals surface area contributed by atoms with Crippen LogP contribution in [0.1, 0.15) is 16.1 Å². The van der Waals surface area contributed by atoms with Gasteiger partial charge in [-0.25, -0.2) is 4.39 Å². The Hall–Kier alpha value is -2.37. The fourth-order valence-corrected chi connectivity index (χ4v) is 1.84. The first-order valence-electron chi connectivity index (χ1n) is 5.53. The lowest BCUT2D eigenvalue weighted by Crippen LogP contribution is -2.12. The maximum atomic E-state index is 13.9. The van der Waals surface area contributed by atoms with Crippen LogP contribution in [0.4, 0.5) is 4.39 Å². The van der Waals surface area contributed by atoms with E-state index in [1.807, 2.05) is 0 Å². The van der Waals surface area contributed by atoms with Gasteiger partial charge in [-0.3, -0.25) is 9.48 Å². The van der Waals surface area contributed by atoms with E-state index in [2.05, 4.69) is 5.10 Å². The SMILES string of the molecule is COc1cccc(F)c1C(=O)c1c(OC)cnn1C. The Labute approximate surface area is 109 Å². The zero-order chi connectivity index (χ0) is 14.0. The molecule has 0 aliphatic carbocycles. The molecule has 5 nitrogen and oxygen atoms in total. The van der Waals surface area contributed by atoms with Crippen LogP contribution in [0.2, 0.25) is 0 Å². The van der Waals surface area contributed by atoms with Crippen LogP contribution < -0.4 is 9.47 Å². The van der Waals surface area contributed by atoms with Crippen LogP contribution in [0.15, 0.2) is 24.4 Å². The zero-order valence-corrected chi connectivity index (χ0v) is 10.8. The van der Waals surface area contributed by atoms with Crippen LogP contribution in [0.5, 0.6) is 11.5 Å². The maximum absolute atomic E-state index is 13.9. The summed E-state index contributed by atoms with van der Waals surface area (Å²) in [4.78, 5) is 12.4. The van der Waals surface area contributed by atoms with E-state index in [1.165, 1.54) is 43.3 Å². The van der Waals surface area contributed by atoms with Gasteiger partial charge < -0.3 is 9.47 Å². The van der Waals surface area contributed by atoms with Gasteiger partial charge in [0, 0.05) is 7.05 Å². The van der Waals surface area contributed by atoms with Gasteiger partial charge in [0.05, 0.1) is 20.4 Å². The predicted octanol–water partition coefficient (Wildman–Crippen LogP) is 1.81. The van der Waals surface area contributed by atoms with Crippen molar-refractivity contribution in [2.24, 2.45) is 7.05 Å². The summed E-state index contributed by atoms with van der Waals surface area (Å²) in [6, 6.07) is 4.21. The van der Waals surface area contributed by atoms with Crippen LogP contribution >= 0.6 is 0 Å². The predicted molar refractivity (Wildman–Crippen MR) is 66.1 cm³/mol. The summed E-state index contributed by atoms with van der Waals surface area (Å²) >= 11 is 0. The minimum Gasteiger partial charge on any atom is -0.496 e. The molecule has 2 rings (SSSR count). The Morgan fingerprint density at radius 1 is 1.26 bits per heavy atom. The molecule has 0 atom stereocenters. The second-order valence-corrected chi connectivity index (χ2v) is 3.83. The number of halogens is 1. The molecule has 0 amide bonds. The highest BCUT2D eigenvalue weighted by Gasteiger charge is 2.25. The number of carbonyl (C=O) groups is 1. The monoisotopic (exact) mass is 264 g/mol. The number of carbonyl (C=O) groups excluding carboxylic acids is 1. The summed E-state index contributed by atoms with van der Waals surface area (Å²) in [5, 5.41) is 3.93. The van der Waals surface area contributed by atoms with Crippen molar-refractivity contribution in [3.05, 3.63) is 41.5 Å². The van der Waals surface area contributed by atoms with Crippen molar-refractivity contribution in [1.82, 2.24) is 9.78 Å². The molecular weight excluding hydrogens is 251 g/mol. The average Bonchev–Trinajstić information content (AvgIpc) is 2.78. The number of ketones is 1. The number of nitrogens with zero attached hydrogens (tertiary/aromatic N) is 2. The van der Waals surface area contributed by atoms with Crippen molar-refractivity contribution in [3.8, 4) is 11.5 Å². The minimum atomic E-state index is -0.646. The molecule has 0 saturated heterocycles. The highest BCUT2D eigenvalue weighted by Crippen LogP contribution is 2.27. The van der Waals surface area contributed by atoms with Crippen LogP contribution in [0.25, 0.3) is 0 Å². The lowest BCUT2D eigenvalue weighted by atomic mass is 10.1. The van der Waals surface area contributed by atoms with Crippen molar-refractivity contribution in [3.63, 3.8) is 0 Å². The molecule has 1 aromatic heterocycles. The quantitative estimate of drug-likeness (QED) is 0.790. The highest BCUT2D eigenvalue weighted by atomic mass is 19.1. The molecule has 0 radical (unpaired) electrons. The molecule has 0 unspecified atom stereocenters. The van der Waals surface area contributed by atoms with Crippen LogP contribution in [0, 0.1) is 5.82 Å². The van der Waals surface area contributed by atoms with Gasteiger partial charge in [0.2, 0.25) is 5.78 Å². The molecule has 2 aromatic rings. The first-order valence-corrected chi connectivity index (χ1v) is 5.53. The lowest BCUT2D eigenvalue weighted by Gasteiger charge is -2.09. The highest BCUT2D eigenvalue weighted by molar-refractivity contribution is 6.11. The molecule has 1 heterocycles. The molecular formula is C13H13FN2O3. The van der Waals surface area contributed by atoms with E-state index < -0.39 is 11.6 Å². The van der Waals surface area contributed by atoms with Crippen molar-refractivity contribution in [1.29, 1.82) is 0 Å². The molecule has 0 N–H and O–H groups in total. The number of aryl methyl sites for hydroxylation is 1. The Bertz CT molecular complexity index is 622. The van der Waals surface area contributed by atoms with Crippen molar-refractivity contribution >= 4 is 5.78 Å². The van der Waals surface area contributed by atoms with E-state index >= 15 is 0 Å². The molecule has 0 aliphatic heterocycles. The number of rotatable bonds is 4. The average molecular weight is 264 g/mol. The van der Waals surface area contributed by atoms with Gasteiger partial charge in [0.1, 0.15) is 17.1 Å². The fraction of sp³-hybridized carbons (Fsp3) is 0.231. The summed E-state index contributed by atoms with van der Waals surface area (Å²) in [5.41, 5.74) is 0.0396. The number of hydrogen-bond donors (Lipinski definition) is 0. The van der Waals surface area contributed by atoms with E-state index in [0.717, 1.165) is 0 Å². The molecule has 0 fully saturated rings. The number of benzene rings is 1. The van der Waals surface area contributed by atoms with E-state index in [4.69, 9.17) is 9.47 Å². The van der Waals surface area contributed by atoms with Crippen molar-refractivity contribution in [2.45, 2.75) is 0 Å². The third-order valence-corrected chi connectivity index (χ3v) is 2.76. The zero-order valence-electron chi connectivity index (χ0n) is 10.8. The summed E-state index contributed by atoms with van der Waals surface area (Å²) in [6.45, 7) is 0. The molecule has 19 heavy (non-hydrogen) atoms. The molecule has 0 spiro atoms. The van der Waals surface area contributed by atoms with E-state index in [0.29, 0.717) is 0 Å². The molecule has 100 valence electrons. The van der Waals surface area contributed by atoms with E-state index in [9.17, 15) is 9.18 Å². The van der Waals surface area contributed by atoms with Crippen molar-refractivity contribution < 1.29 is 18.7 Å². The standard InChI is InChI=1S/C13H13FN2O3/c1-16-12(10(19-3)7-15-16)13(17)11-8(14)5-4-6-9(11)18-2/h4-7H,1-3H3. The number of ether oxygens (including phenoxy) is 2. The summed E-state index contributed by atoms with van der Waals surface area (Å²) < 4.78 is 25.3. The van der Waals surface area contributed by atoms with Crippen molar-refractivity contribution in [2.75, 3.05) is 14.2 Å². The van der Waals surface area contributed by atoms with Gasteiger partial charge in [0.25, 0.3) is 0 Å². The van der Waals surface area contributed by atoms with Gasteiger partial charge in [-0.05, 0) is 12.1 Å². The normalized spacial score (nSPS) is 10.3. The summed E-state index contributed by atoms with van der Waals surface area (Å²) in [5.74, 6) is -0.717. The van der Waals surface area contributed by atoms with Crippen LogP contribution in [0.3, 0.4) is 0 Å². The minimum absolute atomic E-state index is 0.132. The Kier molecular flexibility index (Phi) is 3.50. The van der Waals surface area contributed by atoms with Gasteiger partial charge in [-0.2, -0.15) is 5.10 Å². The summed E-state index contributed by atoms with van der Waals surface area (Å²) in [7, 11) is 4.39. The van der Waals surface area contributed by atoms with E-state index in [-0.39, 0.29) is 22.8 Å². The third kappa shape index (κ3) is 2.16. The van der Waals surface area contributed by atoms with Gasteiger partial charge in [0.15, 0.2) is 11.4 Å². The smallest absolute Gasteiger partial charge is 0.221 e. The first-order chi connectivity index (χ1) is 9.10. The van der Waals surface area contributed by atoms with Gasteiger partial charge in [-0.15, -0.1) is 0 Å². The summed E-state index contributed by atoms with van der Waals surface area (Å²) in [6.07, 6.45) is 1.40. The number of hydrogen-bond acceptors (Lipinski definition) is 4. The topological polar surface area (TPSA) is 53.4 Å². The lowest BCUT2D eigenvalue weighted by molar-refractivity contribution is 0.102. The number of aromatic nitrogens is 2. The Balaban J connectivity index is 2.59. The first kappa shape index (κ1) is 13.1. The van der Waals surface area contributed by atoms with Crippen LogP contribution in [-0.4, -0.2) is 29.8 Å². The second-order valence-electron chi connectivity index (χ2n) is 3.83. The molecule has 6 heteroatoms. The van der Waals surface area contributed by atoms with Gasteiger partial charge >= 0.3 is 0 Å². The van der Waals surface area contributed by atoms with Crippen LogP contribution in [-0.2, 0) is 7.05 Å². The fourth-order valence-electron chi connectivity index (χ4n) is 1.84.